The molecule has 1 aliphatic rings. The zero-order valence-electron chi connectivity index (χ0n) is 11.4. The molecule has 1 aromatic rings. The standard InChI is InChI=1S/C14H20N2O4/c17-7-10-20-11-14(18)15-12-3-1-2-4-13(12)16-5-8-19-9-6-16/h1-4,17H,5-11H2,(H,15,18). The molecule has 1 aromatic carbocycles. The molecule has 0 spiro atoms. The molecule has 1 fully saturated rings. The third-order valence-corrected chi connectivity index (χ3v) is 3.00. The molecule has 20 heavy (non-hydrogen) atoms. The Morgan fingerprint density at radius 3 is 2.85 bits per heavy atom. The Kier molecular flexibility index (Phi) is 5.79. The Bertz CT molecular complexity index is 433. The number of aliphatic hydroxyl groups excluding tert-OH is 1. The second kappa shape index (κ2) is 7.84. The molecule has 0 radical (unpaired) electrons. The number of aliphatic hydroxyl groups is 1. The quantitative estimate of drug-likeness (QED) is 0.741. The number of morpholine rings is 1. The molecular weight excluding hydrogens is 260 g/mol. The highest BCUT2D eigenvalue weighted by Crippen LogP contribution is 2.26. The van der Waals surface area contributed by atoms with E-state index >= 15 is 0 Å². The van der Waals surface area contributed by atoms with Crippen molar-refractivity contribution in [3.8, 4) is 0 Å². The number of benzene rings is 1. The summed E-state index contributed by atoms with van der Waals surface area (Å²) in [6.07, 6.45) is 0. The number of ether oxygens (including phenoxy) is 2. The maximum atomic E-state index is 11.8. The molecule has 1 amide bonds. The van der Waals surface area contributed by atoms with Crippen molar-refractivity contribution in [1.29, 1.82) is 0 Å². The molecular formula is C14H20N2O4. The monoisotopic (exact) mass is 280 g/mol. The smallest absolute Gasteiger partial charge is 0.250 e. The minimum Gasteiger partial charge on any atom is -0.394 e. The normalized spacial score (nSPS) is 15.2. The van der Waals surface area contributed by atoms with Crippen molar-refractivity contribution in [1.82, 2.24) is 0 Å². The fourth-order valence-corrected chi connectivity index (χ4v) is 2.08. The number of carbonyl (C=O) groups excluding carboxylic acids is 1. The largest absolute Gasteiger partial charge is 0.394 e. The van der Waals surface area contributed by atoms with E-state index in [0.717, 1.165) is 24.5 Å². The predicted molar refractivity (Wildman–Crippen MR) is 76.0 cm³/mol. The average Bonchev–Trinajstić information content (AvgIpc) is 2.49. The molecule has 6 heteroatoms. The molecule has 1 heterocycles. The Hall–Kier alpha value is -1.63. The first-order valence-electron chi connectivity index (χ1n) is 6.71. The Morgan fingerprint density at radius 2 is 2.10 bits per heavy atom. The minimum atomic E-state index is -0.223. The average molecular weight is 280 g/mol. The lowest BCUT2D eigenvalue weighted by atomic mass is 10.2. The number of anilines is 2. The number of amides is 1. The number of hydrogen-bond acceptors (Lipinski definition) is 5. The molecule has 0 unspecified atom stereocenters. The summed E-state index contributed by atoms with van der Waals surface area (Å²) < 4.78 is 10.3. The SMILES string of the molecule is O=C(COCCO)Nc1ccccc1N1CCOCC1. The minimum absolute atomic E-state index is 0.0575. The first-order chi connectivity index (χ1) is 9.81. The Morgan fingerprint density at radius 1 is 1.35 bits per heavy atom. The van der Waals surface area contributed by atoms with E-state index in [1.165, 1.54) is 0 Å². The van der Waals surface area contributed by atoms with Crippen LogP contribution in [0.1, 0.15) is 0 Å². The fourth-order valence-electron chi connectivity index (χ4n) is 2.08. The van der Waals surface area contributed by atoms with Crippen molar-refractivity contribution in [2.45, 2.75) is 0 Å². The highest BCUT2D eigenvalue weighted by molar-refractivity contribution is 5.95. The molecule has 2 rings (SSSR count). The molecule has 0 aromatic heterocycles. The third-order valence-electron chi connectivity index (χ3n) is 3.00. The van der Waals surface area contributed by atoms with Gasteiger partial charge in [0.05, 0.1) is 37.8 Å². The van der Waals surface area contributed by atoms with E-state index < -0.39 is 0 Å². The predicted octanol–water partition coefficient (Wildman–Crippen LogP) is 0.471. The van der Waals surface area contributed by atoms with Crippen LogP contribution in [0.25, 0.3) is 0 Å². The lowest BCUT2D eigenvalue weighted by Crippen LogP contribution is -2.36. The summed E-state index contributed by atoms with van der Waals surface area (Å²) in [5.41, 5.74) is 1.76. The van der Waals surface area contributed by atoms with Gasteiger partial charge in [0.1, 0.15) is 6.61 Å². The molecule has 0 atom stereocenters. The third kappa shape index (κ3) is 4.19. The number of nitrogens with one attached hydrogen (secondary N) is 1. The first-order valence-corrected chi connectivity index (χ1v) is 6.71. The molecule has 1 saturated heterocycles. The summed E-state index contributed by atoms with van der Waals surface area (Å²) in [7, 11) is 0. The molecule has 0 bridgehead atoms. The summed E-state index contributed by atoms with van der Waals surface area (Å²) in [5, 5.41) is 11.4. The van der Waals surface area contributed by atoms with Gasteiger partial charge in [-0.25, -0.2) is 0 Å². The highest BCUT2D eigenvalue weighted by atomic mass is 16.5. The van der Waals surface area contributed by atoms with Gasteiger partial charge in [0.25, 0.3) is 0 Å². The molecule has 0 aliphatic carbocycles. The van der Waals surface area contributed by atoms with E-state index in [-0.39, 0.29) is 25.7 Å². The van der Waals surface area contributed by atoms with Crippen LogP contribution < -0.4 is 10.2 Å². The van der Waals surface area contributed by atoms with Gasteiger partial charge in [-0.05, 0) is 12.1 Å². The number of nitrogens with zero attached hydrogens (tertiary/aromatic N) is 1. The summed E-state index contributed by atoms with van der Waals surface area (Å²) in [4.78, 5) is 13.9. The molecule has 0 saturated carbocycles. The van der Waals surface area contributed by atoms with E-state index in [9.17, 15) is 4.79 Å². The second-order valence-electron chi connectivity index (χ2n) is 4.44. The first kappa shape index (κ1) is 14.8. The highest BCUT2D eigenvalue weighted by Gasteiger charge is 2.15. The van der Waals surface area contributed by atoms with Crippen LogP contribution in [0.15, 0.2) is 24.3 Å². The van der Waals surface area contributed by atoms with Crippen LogP contribution in [0.3, 0.4) is 0 Å². The molecule has 110 valence electrons. The van der Waals surface area contributed by atoms with Crippen molar-refractivity contribution in [3.05, 3.63) is 24.3 Å². The van der Waals surface area contributed by atoms with Crippen LogP contribution in [-0.4, -0.2) is 57.1 Å². The maximum Gasteiger partial charge on any atom is 0.250 e. The van der Waals surface area contributed by atoms with Gasteiger partial charge in [-0.15, -0.1) is 0 Å². The van der Waals surface area contributed by atoms with Gasteiger partial charge < -0.3 is 24.8 Å². The van der Waals surface area contributed by atoms with Crippen molar-refractivity contribution in [2.75, 3.05) is 56.3 Å². The van der Waals surface area contributed by atoms with Crippen LogP contribution in [0.2, 0.25) is 0 Å². The Labute approximate surface area is 118 Å². The summed E-state index contributed by atoms with van der Waals surface area (Å²) >= 11 is 0. The van der Waals surface area contributed by atoms with Crippen molar-refractivity contribution < 1.29 is 19.4 Å². The topological polar surface area (TPSA) is 71.0 Å². The summed E-state index contributed by atoms with van der Waals surface area (Å²) in [6, 6.07) is 7.68. The zero-order valence-corrected chi connectivity index (χ0v) is 11.4. The zero-order chi connectivity index (χ0) is 14.2. The van der Waals surface area contributed by atoms with E-state index in [0.29, 0.717) is 13.2 Å². The molecule has 1 aliphatic heterocycles. The number of carbonyl (C=O) groups is 1. The van der Waals surface area contributed by atoms with E-state index in [2.05, 4.69) is 10.2 Å². The van der Waals surface area contributed by atoms with Gasteiger partial charge >= 0.3 is 0 Å². The number of para-hydroxylation sites is 2. The van der Waals surface area contributed by atoms with Gasteiger partial charge in [0.15, 0.2) is 0 Å². The van der Waals surface area contributed by atoms with Crippen LogP contribution in [0, 0.1) is 0 Å². The van der Waals surface area contributed by atoms with Gasteiger partial charge in [0, 0.05) is 13.1 Å². The van der Waals surface area contributed by atoms with Crippen molar-refractivity contribution in [3.63, 3.8) is 0 Å². The van der Waals surface area contributed by atoms with Gasteiger partial charge in [-0.1, -0.05) is 12.1 Å². The second-order valence-corrected chi connectivity index (χ2v) is 4.44. The fraction of sp³-hybridized carbons (Fsp3) is 0.500. The van der Waals surface area contributed by atoms with E-state index in [4.69, 9.17) is 14.6 Å². The summed E-state index contributed by atoms with van der Waals surface area (Å²) in [5.74, 6) is -0.223. The van der Waals surface area contributed by atoms with Gasteiger partial charge in [-0.3, -0.25) is 4.79 Å². The van der Waals surface area contributed by atoms with E-state index in [1.54, 1.807) is 0 Å². The maximum absolute atomic E-state index is 11.8. The van der Waals surface area contributed by atoms with Crippen molar-refractivity contribution >= 4 is 17.3 Å². The number of hydrogen-bond donors (Lipinski definition) is 2. The summed E-state index contributed by atoms with van der Waals surface area (Å²) in [6.45, 7) is 3.04. The lowest BCUT2D eigenvalue weighted by molar-refractivity contribution is -0.120. The number of rotatable bonds is 6. The van der Waals surface area contributed by atoms with Crippen LogP contribution >= 0.6 is 0 Å². The Balaban J connectivity index is 1.98. The molecule has 6 nitrogen and oxygen atoms in total. The van der Waals surface area contributed by atoms with Gasteiger partial charge in [-0.2, -0.15) is 0 Å². The van der Waals surface area contributed by atoms with Crippen LogP contribution in [-0.2, 0) is 14.3 Å². The van der Waals surface area contributed by atoms with Crippen molar-refractivity contribution in [2.24, 2.45) is 0 Å². The van der Waals surface area contributed by atoms with Crippen LogP contribution in [0.5, 0.6) is 0 Å². The van der Waals surface area contributed by atoms with Gasteiger partial charge in [0.2, 0.25) is 5.91 Å². The lowest BCUT2D eigenvalue weighted by Gasteiger charge is -2.30. The van der Waals surface area contributed by atoms with Crippen LogP contribution in [0.4, 0.5) is 11.4 Å². The van der Waals surface area contributed by atoms with E-state index in [1.807, 2.05) is 24.3 Å². The molecule has 2 N–H and O–H groups in total.